The number of H-pyrrole nitrogens is 1. The first-order valence-electron chi connectivity index (χ1n) is 10.5. The molecule has 3 aromatic carbocycles. The Balaban J connectivity index is 1.71. The van der Waals surface area contributed by atoms with Crippen molar-refractivity contribution in [2.45, 2.75) is 27.7 Å². The second-order valence-corrected chi connectivity index (χ2v) is 8.00. The first kappa shape index (κ1) is 22.0. The Labute approximate surface area is 191 Å². The molecule has 0 radical (unpaired) electrons. The summed E-state index contributed by atoms with van der Waals surface area (Å²) in [5, 5.41) is 22.1. The molecule has 0 spiro atoms. The molecule has 33 heavy (non-hydrogen) atoms. The molecule has 0 atom stereocenters. The Morgan fingerprint density at radius 2 is 1.70 bits per heavy atom. The molecule has 0 fully saturated rings. The van der Waals surface area contributed by atoms with Crippen LogP contribution in [0, 0.1) is 20.8 Å². The number of aromatic hydroxyl groups is 1. The monoisotopic (exact) mass is 440 g/mol. The van der Waals surface area contributed by atoms with Gasteiger partial charge in [0, 0.05) is 11.1 Å². The van der Waals surface area contributed by atoms with Gasteiger partial charge in [-0.25, -0.2) is 4.68 Å². The number of aromatic nitrogens is 2. The van der Waals surface area contributed by atoms with Crippen molar-refractivity contribution in [1.29, 1.82) is 0 Å². The van der Waals surface area contributed by atoms with Crippen molar-refractivity contribution in [2.75, 3.05) is 0 Å². The highest BCUT2D eigenvalue weighted by Gasteiger charge is 2.14. The summed E-state index contributed by atoms with van der Waals surface area (Å²) in [6, 6.07) is 17.9. The number of phenolic OH excluding ortho intramolecular Hbond substituents is 1. The van der Waals surface area contributed by atoms with Crippen LogP contribution >= 0.6 is 0 Å². The predicted octanol–water partition coefficient (Wildman–Crippen LogP) is 6.08. The number of nitrogens with one attached hydrogen (secondary N) is 1. The molecule has 0 saturated carbocycles. The third kappa shape index (κ3) is 4.25. The summed E-state index contributed by atoms with van der Waals surface area (Å²) in [4.78, 5) is 24.7. The van der Waals surface area contributed by atoms with E-state index >= 15 is 0 Å². The molecule has 4 rings (SSSR count). The van der Waals surface area contributed by atoms with Crippen LogP contribution in [0.15, 0.2) is 75.7 Å². The Bertz CT molecular complexity index is 1460. The molecule has 0 unspecified atom stereocenters. The maximum Gasteiger partial charge on any atom is 0.299 e. The van der Waals surface area contributed by atoms with Crippen LogP contribution in [0.3, 0.4) is 0 Å². The van der Waals surface area contributed by atoms with E-state index in [9.17, 15) is 14.7 Å². The fraction of sp³-hybridized carbons (Fsp3) is 0.154. The van der Waals surface area contributed by atoms with Gasteiger partial charge < -0.3 is 5.11 Å². The minimum absolute atomic E-state index is 0.0600. The summed E-state index contributed by atoms with van der Waals surface area (Å²) in [6.45, 7) is 7.24. The van der Waals surface area contributed by atoms with E-state index in [1.165, 1.54) is 11.6 Å². The molecule has 7 heteroatoms. The molecule has 1 heterocycles. The summed E-state index contributed by atoms with van der Waals surface area (Å²) < 4.78 is 1.43. The van der Waals surface area contributed by atoms with Crippen LogP contribution in [0.1, 0.15) is 34.1 Å². The Morgan fingerprint density at radius 3 is 2.42 bits per heavy atom. The largest absolute Gasteiger partial charge is 0.505 e. The number of aromatic amines is 1. The molecule has 2 N–H and O–H groups in total. The highest BCUT2D eigenvalue weighted by Crippen LogP contribution is 2.38. The van der Waals surface area contributed by atoms with Crippen molar-refractivity contribution in [3.8, 4) is 22.6 Å². The van der Waals surface area contributed by atoms with Crippen molar-refractivity contribution in [1.82, 2.24) is 9.78 Å². The Kier molecular flexibility index (Phi) is 5.79. The number of phenols is 1. The van der Waals surface area contributed by atoms with Gasteiger partial charge in [0.05, 0.1) is 11.4 Å². The zero-order chi connectivity index (χ0) is 23.7. The van der Waals surface area contributed by atoms with Gasteiger partial charge in [-0.2, -0.15) is 0 Å². The SMILES string of the molecule is CC(=O)c1cccc(-c2cccc(N=Nc3c(C)[nH]n(-c4ccc(C)c(C)c4)c3=O)c2O)c1. The van der Waals surface area contributed by atoms with Crippen molar-refractivity contribution in [2.24, 2.45) is 10.2 Å². The third-order valence-electron chi connectivity index (χ3n) is 5.64. The molecule has 166 valence electrons. The van der Waals surface area contributed by atoms with E-state index in [1.807, 2.05) is 32.0 Å². The highest BCUT2D eigenvalue weighted by molar-refractivity contribution is 5.95. The van der Waals surface area contributed by atoms with Gasteiger partial charge in [-0.05, 0) is 68.7 Å². The molecule has 0 aliphatic rings. The first-order chi connectivity index (χ1) is 15.8. The summed E-state index contributed by atoms with van der Waals surface area (Å²) in [5.41, 5.74) is 5.30. The smallest absolute Gasteiger partial charge is 0.299 e. The number of hydrogen-bond acceptors (Lipinski definition) is 5. The third-order valence-corrected chi connectivity index (χ3v) is 5.64. The number of Topliss-reactive ketones (excluding diaryl/α,β-unsaturated/α-hetero) is 1. The van der Waals surface area contributed by atoms with Gasteiger partial charge in [0.15, 0.2) is 17.2 Å². The quantitative estimate of drug-likeness (QED) is 0.290. The van der Waals surface area contributed by atoms with E-state index in [2.05, 4.69) is 15.3 Å². The number of ketones is 1. The second-order valence-electron chi connectivity index (χ2n) is 8.00. The lowest BCUT2D eigenvalue weighted by Crippen LogP contribution is -2.14. The maximum absolute atomic E-state index is 13.0. The number of hydrogen-bond donors (Lipinski definition) is 2. The van der Waals surface area contributed by atoms with E-state index < -0.39 is 0 Å². The van der Waals surface area contributed by atoms with Crippen molar-refractivity contribution < 1.29 is 9.90 Å². The molecule has 1 aromatic heterocycles. The van der Waals surface area contributed by atoms with Crippen LogP contribution in [0.4, 0.5) is 11.4 Å². The van der Waals surface area contributed by atoms with Gasteiger partial charge in [-0.15, -0.1) is 10.2 Å². The number of aryl methyl sites for hydroxylation is 3. The fourth-order valence-electron chi connectivity index (χ4n) is 3.56. The van der Waals surface area contributed by atoms with Gasteiger partial charge in [0.2, 0.25) is 0 Å². The lowest BCUT2D eigenvalue weighted by molar-refractivity contribution is 0.101. The number of nitrogens with zero attached hydrogens (tertiary/aromatic N) is 3. The lowest BCUT2D eigenvalue weighted by atomic mass is 10.0. The van der Waals surface area contributed by atoms with Crippen LogP contribution in [0.25, 0.3) is 16.8 Å². The molecule has 7 nitrogen and oxygen atoms in total. The number of azo groups is 1. The molecule has 0 bridgehead atoms. The molecule has 0 saturated heterocycles. The minimum Gasteiger partial charge on any atom is -0.505 e. The molecular weight excluding hydrogens is 416 g/mol. The number of benzene rings is 3. The zero-order valence-corrected chi connectivity index (χ0v) is 18.9. The Morgan fingerprint density at radius 1 is 0.939 bits per heavy atom. The topological polar surface area (TPSA) is 99.8 Å². The molecule has 4 aromatic rings. The van der Waals surface area contributed by atoms with Crippen LogP contribution in [0.5, 0.6) is 5.75 Å². The normalized spacial score (nSPS) is 11.3. The number of carbonyl (C=O) groups is 1. The number of carbonyl (C=O) groups excluding carboxylic acids is 1. The number of para-hydroxylation sites is 1. The summed E-state index contributed by atoms with van der Waals surface area (Å²) >= 11 is 0. The van der Waals surface area contributed by atoms with Gasteiger partial charge >= 0.3 is 0 Å². The van der Waals surface area contributed by atoms with Crippen molar-refractivity contribution in [3.05, 3.63) is 93.4 Å². The summed E-state index contributed by atoms with van der Waals surface area (Å²) in [7, 11) is 0. The van der Waals surface area contributed by atoms with Crippen LogP contribution in [-0.4, -0.2) is 20.7 Å². The predicted molar refractivity (Wildman–Crippen MR) is 128 cm³/mol. The van der Waals surface area contributed by atoms with E-state index in [0.29, 0.717) is 28.1 Å². The zero-order valence-electron chi connectivity index (χ0n) is 18.9. The first-order valence-corrected chi connectivity index (χ1v) is 10.5. The van der Waals surface area contributed by atoms with Gasteiger partial charge in [0.25, 0.3) is 5.56 Å². The van der Waals surface area contributed by atoms with Crippen LogP contribution < -0.4 is 5.56 Å². The van der Waals surface area contributed by atoms with E-state index in [0.717, 1.165) is 11.1 Å². The van der Waals surface area contributed by atoms with E-state index in [-0.39, 0.29) is 28.5 Å². The van der Waals surface area contributed by atoms with E-state index in [1.54, 1.807) is 49.4 Å². The summed E-state index contributed by atoms with van der Waals surface area (Å²) in [6.07, 6.45) is 0. The van der Waals surface area contributed by atoms with Gasteiger partial charge in [-0.3, -0.25) is 14.7 Å². The highest BCUT2D eigenvalue weighted by atomic mass is 16.3. The van der Waals surface area contributed by atoms with Crippen LogP contribution in [0.2, 0.25) is 0 Å². The lowest BCUT2D eigenvalue weighted by Gasteiger charge is -2.07. The van der Waals surface area contributed by atoms with Crippen molar-refractivity contribution >= 4 is 17.2 Å². The number of rotatable bonds is 5. The fourth-order valence-corrected chi connectivity index (χ4v) is 3.56. The molecule has 0 aliphatic carbocycles. The Hall–Kier alpha value is -4.26. The standard InChI is InChI=1S/C26H24N4O3/c1-15-11-12-21(13-16(15)2)30-26(33)24(17(3)29-30)28-27-23-10-6-9-22(25(23)32)20-8-5-7-19(14-20)18(4)31/h5-14,29,32H,1-4H3. The average Bonchev–Trinajstić information content (AvgIpc) is 3.08. The second kappa shape index (κ2) is 8.70. The molecular formula is C26H24N4O3. The minimum atomic E-state index is -0.329. The van der Waals surface area contributed by atoms with E-state index in [4.69, 9.17) is 0 Å². The average molecular weight is 441 g/mol. The molecule has 0 aliphatic heterocycles. The van der Waals surface area contributed by atoms with Gasteiger partial charge in [0.1, 0.15) is 5.69 Å². The van der Waals surface area contributed by atoms with Gasteiger partial charge in [-0.1, -0.05) is 36.4 Å². The van der Waals surface area contributed by atoms with Crippen molar-refractivity contribution in [3.63, 3.8) is 0 Å². The summed E-state index contributed by atoms with van der Waals surface area (Å²) in [5.74, 6) is -0.139. The van der Waals surface area contributed by atoms with Crippen LogP contribution in [-0.2, 0) is 0 Å². The molecule has 0 amide bonds. The maximum atomic E-state index is 13.0.